The Morgan fingerprint density at radius 2 is 1.43 bits per heavy atom. The molecule has 11 nitrogen and oxygen atoms in total. The van der Waals surface area contributed by atoms with Gasteiger partial charge in [0.2, 0.25) is 5.91 Å². The van der Waals surface area contributed by atoms with Gasteiger partial charge in [0.05, 0.1) is 21.0 Å². The highest BCUT2D eigenvalue weighted by molar-refractivity contribution is 6.27. The molecule has 3 amide bonds. The summed E-state index contributed by atoms with van der Waals surface area (Å²) in [7, 11) is 0. The van der Waals surface area contributed by atoms with Gasteiger partial charge < -0.3 is 0 Å². The maximum absolute atomic E-state index is 12.7. The summed E-state index contributed by atoms with van der Waals surface area (Å²) in [6.07, 6.45) is 0.0693. The normalized spacial score (nSPS) is 13.2. The number of hydrogen-bond donors (Lipinski definition) is 1. The number of nitro benzene ring substituents is 2. The lowest BCUT2D eigenvalue weighted by Gasteiger charge is -2.27. The molecule has 0 aliphatic carbocycles. The van der Waals surface area contributed by atoms with Crippen LogP contribution in [0.2, 0.25) is 0 Å². The number of non-ortho nitro benzene ring substituents is 2. The quantitative estimate of drug-likeness (QED) is 0.470. The van der Waals surface area contributed by atoms with Gasteiger partial charge in [-0.3, -0.25) is 40.0 Å². The van der Waals surface area contributed by atoms with E-state index in [0.717, 1.165) is 24.3 Å². The van der Waals surface area contributed by atoms with E-state index in [0.29, 0.717) is 5.01 Å². The second-order valence-electron chi connectivity index (χ2n) is 6.61. The van der Waals surface area contributed by atoms with E-state index in [4.69, 9.17) is 0 Å². The van der Waals surface area contributed by atoms with Gasteiger partial charge in [0.25, 0.3) is 23.2 Å². The second kappa shape index (κ2) is 6.68. The molecule has 1 aliphatic heterocycles. The summed E-state index contributed by atoms with van der Waals surface area (Å²) in [4.78, 5) is 58.6. The number of nitrogens with zero attached hydrogens (tertiary/aromatic N) is 3. The van der Waals surface area contributed by atoms with Gasteiger partial charge in [0.15, 0.2) is 0 Å². The highest BCUT2D eigenvalue weighted by Crippen LogP contribution is 2.40. The van der Waals surface area contributed by atoms with Crippen molar-refractivity contribution in [2.45, 2.75) is 20.3 Å². The lowest BCUT2D eigenvalue weighted by molar-refractivity contribution is -0.390. The van der Waals surface area contributed by atoms with Crippen molar-refractivity contribution in [2.24, 2.45) is 5.92 Å². The van der Waals surface area contributed by atoms with Crippen LogP contribution >= 0.6 is 0 Å². The number of hydrogen-bond acceptors (Lipinski definition) is 7. The zero-order valence-electron chi connectivity index (χ0n) is 14.8. The Morgan fingerprint density at radius 1 is 0.964 bits per heavy atom. The Kier molecular flexibility index (Phi) is 4.51. The monoisotopic (exact) mass is 386 g/mol. The molecule has 0 aromatic heterocycles. The van der Waals surface area contributed by atoms with Gasteiger partial charge in [-0.25, -0.2) is 0 Å². The summed E-state index contributed by atoms with van der Waals surface area (Å²) in [6.45, 7) is 3.57. The molecule has 0 saturated carbocycles. The number of hydrazine groups is 1. The van der Waals surface area contributed by atoms with Crippen LogP contribution < -0.4 is 5.43 Å². The van der Waals surface area contributed by atoms with Crippen molar-refractivity contribution in [2.75, 3.05) is 0 Å². The SMILES string of the molecule is CC(C)CC(=O)NN1C(=O)c2ccc([N+](=O)[O-])c3c([N+](=O)[O-])ccc(c23)C1=O. The molecular formula is C17H14N4O7. The first-order valence-corrected chi connectivity index (χ1v) is 8.20. The molecule has 0 atom stereocenters. The van der Waals surface area contributed by atoms with Gasteiger partial charge in [-0.2, -0.15) is 5.01 Å². The number of imide groups is 1. The summed E-state index contributed by atoms with van der Waals surface area (Å²) < 4.78 is 0. The highest BCUT2D eigenvalue weighted by Gasteiger charge is 2.38. The fourth-order valence-electron chi connectivity index (χ4n) is 3.10. The number of carbonyl (C=O) groups is 3. The summed E-state index contributed by atoms with van der Waals surface area (Å²) in [6, 6.07) is 4.17. The van der Waals surface area contributed by atoms with Crippen LogP contribution in [0.15, 0.2) is 24.3 Å². The molecule has 3 rings (SSSR count). The van der Waals surface area contributed by atoms with Gasteiger partial charge in [-0.1, -0.05) is 13.8 Å². The zero-order chi connectivity index (χ0) is 20.7. The summed E-state index contributed by atoms with van der Waals surface area (Å²) in [5.41, 5.74) is 0.752. The highest BCUT2D eigenvalue weighted by atomic mass is 16.6. The van der Waals surface area contributed by atoms with Crippen LogP contribution in [-0.4, -0.2) is 32.6 Å². The maximum Gasteiger partial charge on any atom is 0.284 e. The minimum atomic E-state index is -0.921. The molecule has 0 unspecified atom stereocenters. The first kappa shape index (κ1) is 18.9. The smallest absolute Gasteiger partial charge is 0.273 e. The lowest BCUT2D eigenvalue weighted by Crippen LogP contribution is -2.51. The van der Waals surface area contributed by atoms with Crippen molar-refractivity contribution < 1.29 is 24.2 Å². The van der Waals surface area contributed by atoms with Crippen molar-refractivity contribution in [3.63, 3.8) is 0 Å². The van der Waals surface area contributed by atoms with E-state index in [1.54, 1.807) is 13.8 Å². The van der Waals surface area contributed by atoms with Gasteiger partial charge in [-0.15, -0.1) is 0 Å². The third-order valence-corrected chi connectivity index (χ3v) is 4.21. The molecule has 0 radical (unpaired) electrons. The summed E-state index contributed by atoms with van der Waals surface area (Å²) >= 11 is 0. The Labute approximate surface area is 157 Å². The van der Waals surface area contributed by atoms with E-state index < -0.39 is 44.3 Å². The molecule has 0 fully saturated rings. The molecule has 1 aliphatic rings. The van der Waals surface area contributed by atoms with Gasteiger partial charge in [0.1, 0.15) is 5.39 Å². The lowest BCUT2D eigenvalue weighted by atomic mass is 9.92. The molecule has 2 aromatic rings. The second-order valence-corrected chi connectivity index (χ2v) is 6.61. The van der Waals surface area contributed by atoms with E-state index in [2.05, 4.69) is 5.43 Å². The van der Waals surface area contributed by atoms with Crippen LogP contribution in [0.1, 0.15) is 41.0 Å². The minimum Gasteiger partial charge on any atom is -0.273 e. The van der Waals surface area contributed by atoms with Crippen LogP contribution in [-0.2, 0) is 4.79 Å². The first-order chi connectivity index (χ1) is 13.1. The Morgan fingerprint density at radius 3 is 1.82 bits per heavy atom. The number of amides is 3. The Bertz CT molecular complexity index is 1010. The molecule has 0 spiro atoms. The van der Waals surface area contributed by atoms with Crippen molar-refractivity contribution in [3.8, 4) is 0 Å². The standard InChI is InChI=1S/C17H14N4O7/c1-8(2)7-13(22)18-19-16(23)9-3-5-11(20(25)26)15-12(21(27)28)6-4-10(14(9)15)17(19)24/h3-6,8H,7H2,1-2H3,(H,18,22). The fourth-order valence-corrected chi connectivity index (χ4v) is 3.10. The summed E-state index contributed by atoms with van der Waals surface area (Å²) in [5.74, 6) is -2.42. The molecule has 0 saturated heterocycles. The molecule has 1 heterocycles. The molecule has 0 bridgehead atoms. The van der Waals surface area contributed by atoms with E-state index in [1.165, 1.54) is 0 Å². The molecule has 144 valence electrons. The summed E-state index contributed by atoms with van der Waals surface area (Å²) in [5, 5.41) is 22.6. The van der Waals surface area contributed by atoms with Crippen LogP contribution in [0.25, 0.3) is 10.8 Å². The predicted octanol–water partition coefficient (Wildman–Crippen LogP) is 2.33. The minimum absolute atomic E-state index is 0.0176. The van der Waals surface area contributed by atoms with Crippen LogP contribution in [0.5, 0.6) is 0 Å². The topological polar surface area (TPSA) is 153 Å². The van der Waals surface area contributed by atoms with E-state index in [1.807, 2.05) is 0 Å². The van der Waals surface area contributed by atoms with E-state index in [-0.39, 0.29) is 28.9 Å². The van der Waals surface area contributed by atoms with Crippen molar-refractivity contribution in [1.82, 2.24) is 10.4 Å². The third-order valence-electron chi connectivity index (χ3n) is 4.21. The number of nitrogens with one attached hydrogen (secondary N) is 1. The third kappa shape index (κ3) is 2.92. The molecule has 28 heavy (non-hydrogen) atoms. The van der Waals surface area contributed by atoms with Crippen molar-refractivity contribution >= 4 is 39.9 Å². The number of carbonyl (C=O) groups excluding carboxylic acids is 3. The predicted molar refractivity (Wildman–Crippen MR) is 95.4 cm³/mol. The molecule has 11 heteroatoms. The zero-order valence-corrected chi connectivity index (χ0v) is 14.8. The van der Waals surface area contributed by atoms with Crippen LogP contribution in [0.3, 0.4) is 0 Å². The average Bonchev–Trinajstić information content (AvgIpc) is 2.61. The largest absolute Gasteiger partial charge is 0.284 e. The average molecular weight is 386 g/mol. The number of rotatable bonds is 5. The maximum atomic E-state index is 12.7. The van der Waals surface area contributed by atoms with Gasteiger partial charge >= 0.3 is 0 Å². The van der Waals surface area contributed by atoms with Crippen molar-refractivity contribution in [3.05, 3.63) is 55.6 Å². The Balaban J connectivity index is 2.23. The fraction of sp³-hybridized carbons (Fsp3) is 0.235. The van der Waals surface area contributed by atoms with E-state index in [9.17, 15) is 34.6 Å². The Hall–Kier alpha value is -3.89. The van der Waals surface area contributed by atoms with Crippen LogP contribution in [0, 0.1) is 26.1 Å². The van der Waals surface area contributed by atoms with Gasteiger partial charge in [-0.05, 0) is 18.1 Å². The van der Waals surface area contributed by atoms with E-state index >= 15 is 0 Å². The molecule has 1 N–H and O–H groups in total. The van der Waals surface area contributed by atoms with Gasteiger partial charge in [0, 0.05) is 23.9 Å². The first-order valence-electron chi connectivity index (χ1n) is 8.20. The van der Waals surface area contributed by atoms with Crippen LogP contribution in [0.4, 0.5) is 11.4 Å². The number of nitro groups is 2. The molecular weight excluding hydrogens is 372 g/mol. The molecule has 2 aromatic carbocycles. The van der Waals surface area contributed by atoms with Crippen molar-refractivity contribution in [1.29, 1.82) is 0 Å². The number of benzene rings is 2.